The average molecular weight is 342 g/mol. The van der Waals surface area contributed by atoms with Gasteiger partial charge >= 0.3 is 0 Å². The maximum atomic E-state index is 12.8. The molecule has 2 aliphatic rings. The van der Waals surface area contributed by atoms with Crippen LogP contribution >= 0.6 is 0 Å². The zero-order valence-electron chi connectivity index (χ0n) is 12.7. The highest BCUT2D eigenvalue weighted by Crippen LogP contribution is 2.29. The molecule has 5 N–H and O–H groups in total. The fourth-order valence-corrected chi connectivity index (χ4v) is 2.65. The summed E-state index contributed by atoms with van der Waals surface area (Å²) in [6.45, 7) is 0.432. The summed E-state index contributed by atoms with van der Waals surface area (Å²) in [6, 6.07) is 0. The van der Waals surface area contributed by atoms with Gasteiger partial charge in [0, 0.05) is 7.11 Å². The highest BCUT2D eigenvalue weighted by Gasteiger charge is 2.50. The Labute approximate surface area is 132 Å². The summed E-state index contributed by atoms with van der Waals surface area (Å²) < 4.78 is 33.6. The van der Waals surface area contributed by atoms with Gasteiger partial charge in [0.05, 0.1) is 6.10 Å². The molecule has 0 amide bonds. The lowest BCUT2D eigenvalue weighted by Crippen LogP contribution is -2.63. The first-order chi connectivity index (χ1) is 10.8. The molecule has 2 heterocycles. The Bertz CT molecular complexity index is 384. The Balaban J connectivity index is 2.10. The SMILES string of the molecule is CO[C@H]1O[C@H](CF)[C@H](O)[C@H](O)[C@H]1O[C@@H]1O[C@@H](C)[C@H](O)[C@@H](O)[C@H]1O. The minimum Gasteiger partial charge on any atom is -0.388 e. The minimum atomic E-state index is -1.60. The largest absolute Gasteiger partial charge is 0.388 e. The molecule has 0 aliphatic carbocycles. The van der Waals surface area contributed by atoms with Crippen molar-refractivity contribution in [1.29, 1.82) is 0 Å². The number of hydrogen-bond acceptors (Lipinski definition) is 9. The van der Waals surface area contributed by atoms with E-state index in [0.29, 0.717) is 0 Å². The predicted molar refractivity (Wildman–Crippen MR) is 70.9 cm³/mol. The van der Waals surface area contributed by atoms with Crippen molar-refractivity contribution in [3.05, 3.63) is 0 Å². The molecule has 0 saturated carbocycles. The molecule has 0 spiro atoms. The van der Waals surface area contributed by atoms with Crippen LogP contribution in [0.25, 0.3) is 0 Å². The molecule has 0 bridgehead atoms. The van der Waals surface area contributed by atoms with E-state index in [0.717, 1.165) is 0 Å². The van der Waals surface area contributed by atoms with Crippen molar-refractivity contribution >= 4 is 0 Å². The summed E-state index contributed by atoms with van der Waals surface area (Å²) in [5.74, 6) is 0. The molecule has 0 radical (unpaired) electrons. The minimum absolute atomic E-state index is 0.843. The zero-order valence-corrected chi connectivity index (χ0v) is 12.7. The maximum absolute atomic E-state index is 12.8. The molecule has 10 heteroatoms. The third-order valence-electron chi connectivity index (χ3n) is 4.13. The van der Waals surface area contributed by atoms with Gasteiger partial charge in [-0.1, -0.05) is 0 Å². The van der Waals surface area contributed by atoms with Crippen molar-refractivity contribution in [2.24, 2.45) is 0 Å². The first-order valence-electron chi connectivity index (χ1n) is 7.27. The number of alkyl halides is 1. The van der Waals surface area contributed by atoms with Gasteiger partial charge < -0.3 is 44.5 Å². The standard InChI is InChI=1S/C13H23FO9/c1-4-6(15)8(17)10(19)12(21-4)23-11-9(18)7(16)5(3-14)22-13(11)20-2/h4-13,15-19H,3H2,1-2H3/t4-,5+,6-,7-,8+,9-,10+,11+,12-,13-/m0/s1. The van der Waals surface area contributed by atoms with E-state index in [1.807, 2.05) is 0 Å². The van der Waals surface area contributed by atoms with Crippen molar-refractivity contribution in [3.8, 4) is 0 Å². The Morgan fingerprint density at radius 2 is 1.52 bits per heavy atom. The molecule has 2 saturated heterocycles. The van der Waals surface area contributed by atoms with Crippen molar-refractivity contribution < 1.29 is 48.9 Å². The van der Waals surface area contributed by atoms with E-state index < -0.39 is 68.1 Å². The summed E-state index contributed by atoms with van der Waals surface area (Å²) in [4.78, 5) is 0. The van der Waals surface area contributed by atoms with E-state index in [1.54, 1.807) is 0 Å². The van der Waals surface area contributed by atoms with Gasteiger partial charge in [-0.3, -0.25) is 0 Å². The maximum Gasteiger partial charge on any atom is 0.187 e. The topological polar surface area (TPSA) is 138 Å². The van der Waals surface area contributed by atoms with E-state index in [4.69, 9.17) is 18.9 Å². The number of methoxy groups -OCH3 is 1. The lowest BCUT2D eigenvalue weighted by Gasteiger charge is -2.45. The fraction of sp³-hybridized carbons (Fsp3) is 1.00. The number of aliphatic hydroxyl groups is 5. The molecule has 9 nitrogen and oxygen atoms in total. The van der Waals surface area contributed by atoms with Crippen LogP contribution in [0, 0.1) is 0 Å². The van der Waals surface area contributed by atoms with Crippen molar-refractivity contribution in [1.82, 2.24) is 0 Å². The predicted octanol–water partition coefficient (Wildman–Crippen LogP) is -2.74. The molecule has 23 heavy (non-hydrogen) atoms. The van der Waals surface area contributed by atoms with Crippen LogP contribution in [0.4, 0.5) is 4.39 Å². The van der Waals surface area contributed by atoms with Gasteiger partial charge in [-0.15, -0.1) is 0 Å². The van der Waals surface area contributed by atoms with E-state index in [9.17, 15) is 29.9 Å². The van der Waals surface area contributed by atoms with E-state index >= 15 is 0 Å². The summed E-state index contributed by atoms with van der Waals surface area (Å²) in [5.41, 5.74) is 0. The number of aliphatic hydroxyl groups excluding tert-OH is 5. The molecular weight excluding hydrogens is 319 g/mol. The van der Waals surface area contributed by atoms with Crippen LogP contribution in [-0.2, 0) is 18.9 Å². The van der Waals surface area contributed by atoms with Gasteiger partial charge in [0.25, 0.3) is 0 Å². The van der Waals surface area contributed by atoms with Gasteiger partial charge in [0.15, 0.2) is 12.6 Å². The van der Waals surface area contributed by atoms with Crippen molar-refractivity contribution in [2.75, 3.05) is 13.8 Å². The molecule has 0 aromatic heterocycles. The van der Waals surface area contributed by atoms with Gasteiger partial charge in [0.1, 0.15) is 49.4 Å². The molecule has 0 unspecified atom stereocenters. The normalized spacial score (nSPS) is 51.7. The lowest BCUT2D eigenvalue weighted by atomic mass is 9.98. The Kier molecular flexibility index (Phi) is 6.28. The number of rotatable bonds is 4. The Morgan fingerprint density at radius 1 is 0.870 bits per heavy atom. The third kappa shape index (κ3) is 3.65. The number of hydrogen-bond donors (Lipinski definition) is 5. The molecular formula is C13H23FO9. The molecule has 2 aliphatic heterocycles. The quantitative estimate of drug-likeness (QED) is 0.368. The first-order valence-corrected chi connectivity index (χ1v) is 7.27. The molecule has 0 aromatic carbocycles. The number of halogens is 1. The van der Waals surface area contributed by atoms with Gasteiger partial charge in [-0.25, -0.2) is 4.39 Å². The molecule has 2 fully saturated rings. The van der Waals surface area contributed by atoms with Crippen molar-refractivity contribution in [3.63, 3.8) is 0 Å². The average Bonchev–Trinajstić information content (AvgIpc) is 2.54. The van der Waals surface area contributed by atoms with Crippen LogP contribution in [-0.4, -0.2) is 101 Å². The second-order valence-electron chi connectivity index (χ2n) is 5.70. The molecule has 10 atom stereocenters. The Morgan fingerprint density at radius 3 is 2.09 bits per heavy atom. The molecule has 0 aromatic rings. The van der Waals surface area contributed by atoms with Crippen LogP contribution in [0.15, 0.2) is 0 Å². The highest BCUT2D eigenvalue weighted by atomic mass is 19.1. The number of ether oxygens (including phenoxy) is 4. The van der Waals surface area contributed by atoms with E-state index in [2.05, 4.69) is 0 Å². The Hall–Kier alpha value is -0.430. The second-order valence-corrected chi connectivity index (χ2v) is 5.70. The van der Waals surface area contributed by atoms with Crippen LogP contribution < -0.4 is 0 Å². The second kappa shape index (κ2) is 7.64. The van der Waals surface area contributed by atoms with E-state index in [-0.39, 0.29) is 0 Å². The smallest absolute Gasteiger partial charge is 0.187 e. The summed E-state index contributed by atoms with van der Waals surface area (Å²) in [5, 5.41) is 49.2. The lowest BCUT2D eigenvalue weighted by molar-refractivity contribution is -0.360. The van der Waals surface area contributed by atoms with Crippen LogP contribution in [0.3, 0.4) is 0 Å². The molecule has 2 rings (SSSR count). The van der Waals surface area contributed by atoms with Crippen LogP contribution in [0.5, 0.6) is 0 Å². The summed E-state index contributed by atoms with van der Waals surface area (Å²) in [7, 11) is 1.24. The van der Waals surface area contributed by atoms with Gasteiger partial charge in [-0.2, -0.15) is 0 Å². The third-order valence-corrected chi connectivity index (χ3v) is 4.13. The van der Waals surface area contributed by atoms with E-state index in [1.165, 1.54) is 14.0 Å². The fourth-order valence-electron chi connectivity index (χ4n) is 2.65. The van der Waals surface area contributed by atoms with Crippen LogP contribution in [0.2, 0.25) is 0 Å². The monoisotopic (exact) mass is 342 g/mol. The van der Waals surface area contributed by atoms with Crippen LogP contribution in [0.1, 0.15) is 6.92 Å². The summed E-state index contributed by atoms with van der Waals surface area (Å²) in [6.07, 6.45) is -13.6. The highest BCUT2D eigenvalue weighted by molar-refractivity contribution is 4.93. The van der Waals surface area contributed by atoms with Crippen molar-refractivity contribution in [2.45, 2.75) is 68.3 Å². The first kappa shape index (κ1) is 18.9. The summed E-state index contributed by atoms with van der Waals surface area (Å²) >= 11 is 0. The zero-order chi connectivity index (χ0) is 17.3. The van der Waals surface area contributed by atoms with Gasteiger partial charge in [-0.05, 0) is 6.92 Å². The van der Waals surface area contributed by atoms with Gasteiger partial charge in [0.2, 0.25) is 0 Å². The molecule has 136 valence electrons.